The van der Waals surface area contributed by atoms with Crippen molar-refractivity contribution in [2.24, 2.45) is 0 Å². The predicted molar refractivity (Wildman–Crippen MR) is 104 cm³/mol. The van der Waals surface area contributed by atoms with E-state index in [2.05, 4.69) is 36.6 Å². The van der Waals surface area contributed by atoms with Gasteiger partial charge in [-0.05, 0) is 35.2 Å². The van der Waals surface area contributed by atoms with Crippen LogP contribution < -0.4 is 18.8 Å². The van der Waals surface area contributed by atoms with Gasteiger partial charge in [-0.2, -0.15) is 4.57 Å². The summed E-state index contributed by atoms with van der Waals surface area (Å²) in [5.41, 5.74) is 3.53. The number of hydrogen-bond donors (Lipinski definition) is 1. The van der Waals surface area contributed by atoms with Gasteiger partial charge >= 0.3 is 0 Å². The third-order valence-electron chi connectivity index (χ3n) is 4.82. The van der Waals surface area contributed by atoms with Gasteiger partial charge in [-0.3, -0.25) is 0 Å². The number of methoxy groups -OCH3 is 1. The zero-order valence-corrected chi connectivity index (χ0v) is 15.9. The van der Waals surface area contributed by atoms with Crippen LogP contribution in [-0.4, -0.2) is 19.0 Å². The first-order valence-electron chi connectivity index (χ1n) is 9.32. The summed E-state index contributed by atoms with van der Waals surface area (Å²) in [4.78, 5) is 0. The van der Waals surface area contributed by atoms with Crippen LogP contribution >= 0.6 is 0 Å². The lowest BCUT2D eigenvalue weighted by atomic mass is 9.95. The summed E-state index contributed by atoms with van der Waals surface area (Å²) in [5, 5.41) is 12.2. The topological polar surface area (TPSA) is 51.8 Å². The van der Waals surface area contributed by atoms with E-state index in [4.69, 9.17) is 14.2 Å². The lowest BCUT2D eigenvalue weighted by Crippen LogP contribution is -2.39. The highest BCUT2D eigenvalue weighted by atomic mass is 16.7. The third-order valence-corrected chi connectivity index (χ3v) is 4.82. The highest BCUT2D eigenvalue weighted by molar-refractivity contribution is 5.91. The lowest BCUT2D eigenvalue weighted by Gasteiger charge is -2.16. The molecule has 3 heterocycles. The maximum Gasteiger partial charge on any atom is 0.231 e. The highest BCUT2D eigenvalue weighted by Gasteiger charge is 2.28. The molecule has 0 aliphatic carbocycles. The zero-order chi connectivity index (χ0) is 19.0. The van der Waals surface area contributed by atoms with Gasteiger partial charge in [0, 0.05) is 12.5 Å². The van der Waals surface area contributed by atoms with Crippen LogP contribution in [0.3, 0.4) is 0 Å². The van der Waals surface area contributed by atoms with Crippen molar-refractivity contribution in [1.29, 1.82) is 0 Å². The molecule has 0 saturated carbocycles. The van der Waals surface area contributed by atoms with Crippen LogP contribution in [0.25, 0.3) is 22.0 Å². The van der Waals surface area contributed by atoms with Gasteiger partial charge in [-0.15, -0.1) is 0 Å². The SMILES string of the molecule is CCC.COc1ccc2cc3[n+](cc2c1O)CCc1cc2c(cc1-3)OCO2. The second-order valence-electron chi connectivity index (χ2n) is 6.79. The normalized spacial score (nSPS) is 13.4. The van der Waals surface area contributed by atoms with E-state index in [0.717, 1.165) is 46.5 Å². The number of rotatable bonds is 1. The van der Waals surface area contributed by atoms with E-state index in [9.17, 15) is 5.11 Å². The molecule has 1 aromatic heterocycles. The molecular formula is C22H24NO4+. The maximum atomic E-state index is 10.4. The number of pyridine rings is 1. The fourth-order valence-electron chi connectivity index (χ4n) is 3.57. The Balaban J connectivity index is 0.000000565. The van der Waals surface area contributed by atoms with Crippen molar-refractivity contribution in [3.63, 3.8) is 0 Å². The minimum absolute atomic E-state index is 0.182. The van der Waals surface area contributed by atoms with E-state index >= 15 is 0 Å². The molecule has 3 aromatic rings. The van der Waals surface area contributed by atoms with Crippen LogP contribution in [-0.2, 0) is 13.0 Å². The Morgan fingerprint density at radius 2 is 1.85 bits per heavy atom. The smallest absolute Gasteiger partial charge is 0.231 e. The number of phenols is 1. The number of aromatic nitrogens is 1. The second-order valence-corrected chi connectivity index (χ2v) is 6.79. The van der Waals surface area contributed by atoms with Gasteiger partial charge < -0.3 is 19.3 Å². The fraction of sp³-hybridized carbons (Fsp3) is 0.318. The van der Waals surface area contributed by atoms with Crippen LogP contribution in [0.5, 0.6) is 23.0 Å². The van der Waals surface area contributed by atoms with Gasteiger partial charge in [0.2, 0.25) is 12.5 Å². The molecule has 0 saturated heterocycles. The molecule has 140 valence electrons. The van der Waals surface area contributed by atoms with E-state index < -0.39 is 0 Å². The zero-order valence-electron chi connectivity index (χ0n) is 15.9. The number of phenolic OH excluding ortho intramolecular Hbond substituents is 1. The number of aromatic hydroxyl groups is 1. The molecule has 2 aliphatic heterocycles. The summed E-state index contributed by atoms with van der Waals surface area (Å²) >= 11 is 0. The summed E-state index contributed by atoms with van der Waals surface area (Å²) in [6, 6.07) is 10.00. The second kappa shape index (κ2) is 6.99. The summed E-state index contributed by atoms with van der Waals surface area (Å²) in [5.74, 6) is 2.29. The average molecular weight is 366 g/mol. The molecule has 0 amide bonds. The molecule has 0 fully saturated rings. The molecule has 0 bridgehead atoms. The highest BCUT2D eigenvalue weighted by Crippen LogP contribution is 2.41. The molecule has 0 spiro atoms. The van der Waals surface area contributed by atoms with Crippen molar-refractivity contribution in [3.8, 4) is 34.3 Å². The van der Waals surface area contributed by atoms with Crippen molar-refractivity contribution in [3.05, 3.63) is 42.1 Å². The Kier molecular flexibility index (Phi) is 4.52. The number of aryl methyl sites for hydroxylation is 2. The minimum Gasteiger partial charge on any atom is -0.504 e. The quantitative estimate of drug-likeness (QED) is 0.656. The Labute approximate surface area is 158 Å². The number of fused-ring (bicyclic) bond motifs is 5. The van der Waals surface area contributed by atoms with Gasteiger partial charge in [0.05, 0.1) is 18.1 Å². The molecule has 27 heavy (non-hydrogen) atoms. The van der Waals surface area contributed by atoms with Crippen LogP contribution in [0, 0.1) is 0 Å². The van der Waals surface area contributed by atoms with Crippen LogP contribution in [0.1, 0.15) is 25.8 Å². The Morgan fingerprint density at radius 1 is 1.11 bits per heavy atom. The van der Waals surface area contributed by atoms with E-state index in [1.54, 1.807) is 13.2 Å². The van der Waals surface area contributed by atoms with E-state index in [1.165, 1.54) is 12.0 Å². The van der Waals surface area contributed by atoms with Crippen molar-refractivity contribution in [1.82, 2.24) is 0 Å². The number of nitrogens with zero attached hydrogens (tertiary/aromatic N) is 1. The third kappa shape index (κ3) is 2.93. The van der Waals surface area contributed by atoms with E-state index in [-0.39, 0.29) is 12.5 Å². The standard InChI is InChI=1S/C19H15NO4.C3H8/c1-22-16-3-2-11-6-15-13-8-18-17(23-10-24-18)7-12(13)4-5-20(15)9-14(11)19(16)21;1-3-2/h2-3,6-9H,4-5,10H2,1H3;3H2,1-2H3/p+1. The summed E-state index contributed by atoms with van der Waals surface area (Å²) in [6.45, 7) is 5.39. The first kappa shape index (κ1) is 17.5. The molecule has 2 aliphatic rings. The van der Waals surface area contributed by atoms with Crippen LogP contribution in [0.4, 0.5) is 0 Å². The summed E-state index contributed by atoms with van der Waals surface area (Å²) in [6.07, 6.45) is 4.16. The first-order chi connectivity index (χ1) is 13.2. The van der Waals surface area contributed by atoms with Crippen LogP contribution in [0.15, 0.2) is 36.5 Å². The van der Waals surface area contributed by atoms with E-state index in [0.29, 0.717) is 5.75 Å². The van der Waals surface area contributed by atoms with Crippen molar-refractivity contribution < 1.29 is 23.9 Å². The predicted octanol–water partition coefficient (Wildman–Crippen LogP) is 4.21. The van der Waals surface area contributed by atoms with Gasteiger partial charge in [0.25, 0.3) is 0 Å². The van der Waals surface area contributed by atoms with Gasteiger partial charge in [-0.25, -0.2) is 0 Å². The lowest BCUT2D eigenvalue weighted by molar-refractivity contribution is -0.686. The molecule has 0 atom stereocenters. The number of hydrogen-bond acceptors (Lipinski definition) is 4. The van der Waals surface area contributed by atoms with Gasteiger partial charge in [0.1, 0.15) is 0 Å². The van der Waals surface area contributed by atoms with Gasteiger partial charge in [0.15, 0.2) is 35.7 Å². The Hall–Kier alpha value is -2.95. The molecule has 0 unspecified atom stereocenters. The van der Waals surface area contributed by atoms with Crippen molar-refractivity contribution in [2.75, 3.05) is 13.9 Å². The fourth-order valence-corrected chi connectivity index (χ4v) is 3.57. The molecule has 5 rings (SSSR count). The molecular weight excluding hydrogens is 342 g/mol. The molecule has 5 heteroatoms. The monoisotopic (exact) mass is 366 g/mol. The Morgan fingerprint density at radius 3 is 2.59 bits per heavy atom. The summed E-state index contributed by atoms with van der Waals surface area (Å²) < 4.78 is 18.4. The minimum atomic E-state index is 0.182. The largest absolute Gasteiger partial charge is 0.504 e. The molecule has 0 radical (unpaired) electrons. The Bertz CT molecular complexity index is 1010. The number of ether oxygens (including phenoxy) is 3. The van der Waals surface area contributed by atoms with Crippen LogP contribution in [0.2, 0.25) is 0 Å². The molecule has 1 N–H and O–H groups in total. The first-order valence-corrected chi connectivity index (χ1v) is 9.32. The molecule has 2 aromatic carbocycles. The average Bonchev–Trinajstić information content (AvgIpc) is 3.14. The number of benzene rings is 2. The van der Waals surface area contributed by atoms with E-state index in [1.807, 2.05) is 12.3 Å². The van der Waals surface area contributed by atoms with Gasteiger partial charge in [-0.1, -0.05) is 20.3 Å². The van der Waals surface area contributed by atoms with Crippen molar-refractivity contribution >= 4 is 10.8 Å². The molecule has 5 nitrogen and oxygen atoms in total. The van der Waals surface area contributed by atoms with Crippen molar-refractivity contribution in [2.45, 2.75) is 33.2 Å². The summed E-state index contributed by atoms with van der Waals surface area (Å²) in [7, 11) is 1.56. The maximum absolute atomic E-state index is 10.4.